The Balaban J connectivity index is 2.11. The van der Waals surface area contributed by atoms with Crippen LogP contribution in [0.1, 0.15) is 30.0 Å². The molecule has 0 heterocycles. The van der Waals surface area contributed by atoms with E-state index >= 15 is 0 Å². The molecule has 142 valence electrons. The first-order valence-corrected chi connectivity index (χ1v) is 8.16. The Bertz CT molecular complexity index is 938. The van der Waals surface area contributed by atoms with E-state index in [1.165, 1.54) is 5.92 Å². The van der Waals surface area contributed by atoms with E-state index < -0.39 is 46.1 Å². The van der Waals surface area contributed by atoms with Crippen LogP contribution in [0.25, 0.3) is 11.1 Å². The molecular formula is C20H13F7. The SMILES string of the molecule is CC1CCc2c(cc(F)c(-c3cc(F)c(C#CC(F)(F)F)c(F)c3)c2F)C1. The Morgan fingerprint density at radius 3 is 2.19 bits per heavy atom. The summed E-state index contributed by atoms with van der Waals surface area (Å²) in [5.41, 5.74) is -1.33. The Hall–Kier alpha value is -2.49. The fourth-order valence-electron chi connectivity index (χ4n) is 3.26. The lowest BCUT2D eigenvalue weighted by Crippen LogP contribution is -2.14. The number of hydrogen-bond acceptors (Lipinski definition) is 0. The second kappa shape index (κ2) is 6.91. The van der Waals surface area contributed by atoms with Crippen LogP contribution in [0.5, 0.6) is 0 Å². The van der Waals surface area contributed by atoms with Crippen LogP contribution in [0, 0.1) is 41.0 Å². The van der Waals surface area contributed by atoms with Crippen molar-refractivity contribution < 1.29 is 30.7 Å². The van der Waals surface area contributed by atoms with Crippen molar-refractivity contribution in [3.8, 4) is 23.0 Å². The van der Waals surface area contributed by atoms with E-state index in [1.807, 2.05) is 6.92 Å². The van der Waals surface area contributed by atoms with Crippen LogP contribution in [0.15, 0.2) is 18.2 Å². The highest BCUT2D eigenvalue weighted by Crippen LogP contribution is 2.36. The molecule has 27 heavy (non-hydrogen) atoms. The molecule has 7 heteroatoms. The summed E-state index contributed by atoms with van der Waals surface area (Å²) < 4.78 is 93.8. The third-order valence-corrected chi connectivity index (χ3v) is 4.53. The van der Waals surface area contributed by atoms with Gasteiger partial charge in [-0.05, 0) is 60.1 Å². The maximum absolute atomic E-state index is 14.8. The Morgan fingerprint density at radius 2 is 1.59 bits per heavy atom. The van der Waals surface area contributed by atoms with E-state index in [-0.39, 0.29) is 5.92 Å². The predicted octanol–water partition coefficient (Wildman–Crippen LogP) is 5.95. The van der Waals surface area contributed by atoms with E-state index in [2.05, 4.69) is 0 Å². The molecule has 0 fully saturated rings. The molecule has 0 bridgehead atoms. The fourth-order valence-corrected chi connectivity index (χ4v) is 3.26. The van der Waals surface area contributed by atoms with Gasteiger partial charge in [-0.15, -0.1) is 0 Å². The van der Waals surface area contributed by atoms with Crippen LogP contribution in [0.4, 0.5) is 30.7 Å². The number of alkyl halides is 3. The molecule has 2 aromatic carbocycles. The topological polar surface area (TPSA) is 0 Å². The van der Waals surface area contributed by atoms with Crippen molar-refractivity contribution in [3.63, 3.8) is 0 Å². The minimum atomic E-state index is -4.93. The quantitative estimate of drug-likeness (QED) is 0.420. The Kier molecular flexibility index (Phi) is 4.94. The van der Waals surface area contributed by atoms with E-state index in [0.717, 1.165) is 12.0 Å². The highest BCUT2D eigenvalue weighted by molar-refractivity contribution is 5.68. The summed E-state index contributed by atoms with van der Waals surface area (Å²) in [6.45, 7) is 1.96. The predicted molar refractivity (Wildman–Crippen MR) is 85.8 cm³/mol. The van der Waals surface area contributed by atoms with E-state index in [4.69, 9.17) is 0 Å². The van der Waals surface area contributed by atoms with Gasteiger partial charge in [-0.3, -0.25) is 0 Å². The van der Waals surface area contributed by atoms with Gasteiger partial charge >= 0.3 is 6.18 Å². The van der Waals surface area contributed by atoms with E-state index in [1.54, 1.807) is 0 Å². The van der Waals surface area contributed by atoms with E-state index in [0.29, 0.717) is 42.5 Å². The summed E-state index contributed by atoms with van der Waals surface area (Å²) in [5.74, 6) is -2.32. The van der Waals surface area contributed by atoms with Crippen molar-refractivity contribution in [2.24, 2.45) is 5.92 Å². The molecule has 2 aromatic rings. The molecule has 0 spiro atoms. The fraction of sp³-hybridized carbons (Fsp3) is 0.300. The molecular weight excluding hydrogens is 373 g/mol. The van der Waals surface area contributed by atoms with Crippen molar-refractivity contribution in [3.05, 3.63) is 58.2 Å². The number of fused-ring (bicyclic) bond motifs is 1. The number of rotatable bonds is 1. The minimum absolute atomic E-state index is 0.267. The van der Waals surface area contributed by atoms with Crippen LogP contribution < -0.4 is 0 Å². The maximum Gasteiger partial charge on any atom is 0.458 e. The monoisotopic (exact) mass is 386 g/mol. The van der Waals surface area contributed by atoms with Crippen LogP contribution in [-0.2, 0) is 12.8 Å². The lowest BCUT2D eigenvalue weighted by atomic mass is 9.83. The largest absolute Gasteiger partial charge is 0.458 e. The second-order valence-corrected chi connectivity index (χ2v) is 6.60. The van der Waals surface area contributed by atoms with Crippen molar-refractivity contribution in [1.82, 2.24) is 0 Å². The summed E-state index contributed by atoms with van der Waals surface area (Å²) in [7, 11) is 0. The molecule has 1 aliphatic carbocycles. The van der Waals surface area contributed by atoms with Gasteiger partial charge < -0.3 is 0 Å². The normalized spacial score (nSPS) is 16.5. The molecule has 0 saturated carbocycles. The van der Waals surface area contributed by atoms with Crippen molar-refractivity contribution in [2.45, 2.75) is 32.4 Å². The number of halogens is 7. The van der Waals surface area contributed by atoms with Gasteiger partial charge in [0.2, 0.25) is 0 Å². The van der Waals surface area contributed by atoms with Gasteiger partial charge in [-0.25, -0.2) is 17.6 Å². The highest BCUT2D eigenvalue weighted by Gasteiger charge is 2.26. The third kappa shape index (κ3) is 3.95. The lowest BCUT2D eigenvalue weighted by molar-refractivity contribution is -0.0696. The summed E-state index contributed by atoms with van der Waals surface area (Å²) in [6.07, 6.45) is -3.36. The molecule has 0 radical (unpaired) electrons. The zero-order valence-electron chi connectivity index (χ0n) is 14.1. The summed E-state index contributed by atoms with van der Waals surface area (Å²) in [5, 5.41) is 0. The highest BCUT2D eigenvalue weighted by atomic mass is 19.4. The molecule has 0 aromatic heterocycles. The molecule has 3 rings (SSSR count). The first kappa shape index (κ1) is 19.3. The van der Waals surface area contributed by atoms with Gasteiger partial charge in [0, 0.05) is 5.92 Å². The lowest BCUT2D eigenvalue weighted by Gasteiger charge is -2.23. The van der Waals surface area contributed by atoms with Gasteiger partial charge in [0.25, 0.3) is 0 Å². The van der Waals surface area contributed by atoms with E-state index in [9.17, 15) is 30.7 Å². The van der Waals surface area contributed by atoms with Gasteiger partial charge in [0.05, 0.1) is 11.1 Å². The van der Waals surface area contributed by atoms with Crippen LogP contribution in [-0.4, -0.2) is 6.18 Å². The zero-order chi connectivity index (χ0) is 19.9. The molecule has 0 N–H and O–H groups in total. The van der Waals surface area contributed by atoms with Crippen LogP contribution in [0.3, 0.4) is 0 Å². The van der Waals surface area contributed by atoms with Crippen LogP contribution in [0.2, 0.25) is 0 Å². The first-order chi connectivity index (χ1) is 12.6. The molecule has 0 saturated heterocycles. The number of benzene rings is 2. The average molecular weight is 386 g/mol. The molecule has 0 amide bonds. The van der Waals surface area contributed by atoms with Crippen molar-refractivity contribution in [1.29, 1.82) is 0 Å². The van der Waals surface area contributed by atoms with Crippen molar-refractivity contribution in [2.75, 3.05) is 0 Å². The molecule has 1 aliphatic rings. The van der Waals surface area contributed by atoms with Crippen LogP contribution >= 0.6 is 0 Å². The van der Waals surface area contributed by atoms with Crippen molar-refractivity contribution >= 4 is 0 Å². The summed E-state index contributed by atoms with van der Waals surface area (Å²) >= 11 is 0. The van der Waals surface area contributed by atoms with Gasteiger partial charge in [-0.2, -0.15) is 13.2 Å². The molecule has 0 nitrogen and oxygen atoms in total. The molecule has 0 aliphatic heterocycles. The zero-order valence-corrected chi connectivity index (χ0v) is 14.1. The molecule has 1 unspecified atom stereocenters. The minimum Gasteiger partial charge on any atom is -0.206 e. The third-order valence-electron chi connectivity index (χ3n) is 4.53. The van der Waals surface area contributed by atoms with Gasteiger partial charge in [-0.1, -0.05) is 12.8 Å². The summed E-state index contributed by atoms with van der Waals surface area (Å²) in [4.78, 5) is 0. The Morgan fingerprint density at radius 1 is 0.963 bits per heavy atom. The maximum atomic E-state index is 14.8. The second-order valence-electron chi connectivity index (χ2n) is 6.60. The Labute approximate surface area is 151 Å². The molecule has 1 atom stereocenters. The number of hydrogen-bond donors (Lipinski definition) is 0. The summed E-state index contributed by atoms with van der Waals surface area (Å²) in [6, 6.07) is 2.32. The first-order valence-electron chi connectivity index (χ1n) is 8.16. The smallest absolute Gasteiger partial charge is 0.206 e. The standard InChI is InChI=1S/C20H13F7/c1-10-2-3-13-11(6-10)7-17(23)18(19(13)24)12-8-15(21)14(16(22)9-12)4-5-20(25,26)27/h7-10H,2-3,6H2,1H3. The van der Waals surface area contributed by atoms with Gasteiger partial charge in [0.1, 0.15) is 23.3 Å². The average Bonchev–Trinajstić information content (AvgIpc) is 2.52. The van der Waals surface area contributed by atoms with Gasteiger partial charge in [0.15, 0.2) is 0 Å².